The van der Waals surface area contributed by atoms with Gasteiger partial charge in [0, 0.05) is 41.9 Å². The van der Waals surface area contributed by atoms with Gasteiger partial charge in [0.25, 0.3) is 0 Å². The number of carbonyl (C=O) groups is 1. The zero-order valence-electron chi connectivity index (χ0n) is 19.3. The monoisotopic (exact) mass is 447 g/mol. The molecule has 2 aromatic rings. The highest BCUT2D eigenvalue weighted by molar-refractivity contribution is 5.94. The van der Waals surface area contributed by atoms with Crippen LogP contribution in [0.3, 0.4) is 0 Å². The molecule has 7 nitrogen and oxygen atoms in total. The van der Waals surface area contributed by atoms with Crippen molar-refractivity contribution in [3.05, 3.63) is 54.6 Å². The summed E-state index contributed by atoms with van der Waals surface area (Å²) in [5.41, 5.74) is 0.978. The van der Waals surface area contributed by atoms with Gasteiger partial charge in [-0.2, -0.15) is 0 Å². The van der Waals surface area contributed by atoms with Gasteiger partial charge >= 0.3 is 0 Å². The minimum atomic E-state index is 0.0544. The van der Waals surface area contributed by atoms with E-state index in [1.54, 1.807) is 6.26 Å². The van der Waals surface area contributed by atoms with Crippen LogP contribution in [0.5, 0.6) is 0 Å². The van der Waals surface area contributed by atoms with Gasteiger partial charge in [-0.15, -0.1) is 0 Å². The average molecular weight is 448 g/mol. The molecule has 2 saturated heterocycles. The summed E-state index contributed by atoms with van der Waals surface area (Å²) in [6.07, 6.45) is 11.6. The van der Waals surface area contributed by atoms with E-state index in [0.29, 0.717) is 11.9 Å². The van der Waals surface area contributed by atoms with Crippen molar-refractivity contribution in [1.82, 2.24) is 20.1 Å². The van der Waals surface area contributed by atoms with Crippen molar-refractivity contribution in [2.75, 3.05) is 45.1 Å². The molecule has 1 aromatic carbocycles. The van der Waals surface area contributed by atoms with E-state index < -0.39 is 0 Å². The normalized spacial score (nSPS) is 21.2. The molecule has 1 aromatic heterocycles. The first-order valence-electron chi connectivity index (χ1n) is 12.0. The molecular formula is C26H33N5O2. The van der Waals surface area contributed by atoms with Crippen LogP contribution >= 0.6 is 0 Å². The molecule has 0 spiro atoms. The number of aromatic nitrogens is 1. The molecular weight excluding hydrogens is 414 g/mol. The molecule has 2 N–H and O–H groups in total. The SMILES string of the molecule is CN1CCC(N2CCC(C(=O)Nc3cc4cc(C5=CNCC=CO5)ccc4cn3)CC2)CC1. The third-order valence-electron chi connectivity index (χ3n) is 7.12. The van der Waals surface area contributed by atoms with Crippen LogP contribution in [-0.4, -0.2) is 66.5 Å². The van der Waals surface area contributed by atoms with E-state index in [-0.39, 0.29) is 11.8 Å². The molecule has 7 heteroatoms. The molecule has 2 fully saturated rings. The highest BCUT2D eigenvalue weighted by Gasteiger charge is 2.30. The second kappa shape index (κ2) is 9.93. The van der Waals surface area contributed by atoms with Gasteiger partial charge in [-0.25, -0.2) is 4.98 Å². The lowest BCUT2D eigenvalue weighted by molar-refractivity contribution is -0.121. The number of amides is 1. The highest BCUT2D eigenvalue weighted by Crippen LogP contribution is 2.26. The van der Waals surface area contributed by atoms with Crippen LogP contribution < -0.4 is 10.6 Å². The van der Waals surface area contributed by atoms with Crippen LogP contribution in [0.1, 0.15) is 31.2 Å². The smallest absolute Gasteiger partial charge is 0.228 e. The van der Waals surface area contributed by atoms with Gasteiger partial charge in [0.05, 0.1) is 6.26 Å². The van der Waals surface area contributed by atoms with Crippen molar-refractivity contribution in [2.24, 2.45) is 5.92 Å². The number of likely N-dealkylation sites (tertiary alicyclic amines) is 2. The summed E-state index contributed by atoms with van der Waals surface area (Å²) in [5.74, 6) is 1.52. The van der Waals surface area contributed by atoms with Gasteiger partial charge in [-0.1, -0.05) is 12.1 Å². The lowest BCUT2D eigenvalue weighted by Crippen LogP contribution is -2.48. The second-order valence-electron chi connectivity index (χ2n) is 9.37. The van der Waals surface area contributed by atoms with Gasteiger partial charge in [0.15, 0.2) is 0 Å². The van der Waals surface area contributed by atoms with Crippen LogP contribution in [0.2, 0.25) is 0 Å². The van der Waals surface area contributed by atoms with E-state index in [1.165, 1.54) is 25.9 Å². The molecule has 4 heterocycles. The summed E-state index contributed by atoms with van der Waals surface area (Å²) in [6.45, 7) is 5.12. The topological polar surface area (TPSA) is 69.7 Å². The van der Waals surface area contributed by atoms with E-state index in [2.05, 4.69) is 38.5 Å². The minimum Gasteiger partial charge on any atom is -0.463 e. The summed E-state index contributed by atoms with van der Waals surface area (Å²) in [6, 6.07) is 8.75. The molecule has 0 atom stereocenters. The third-order valence-corrected chi connectivity index (χ3v) is 7.12. The minimum absolute atomic E-state index is 0.0544. The van der Waals surface area contributed by atoms with Crippen LogP contribution in [0.4, 0.5) is 5.82 Å². The number of carbonyl (C=O) groups excluding carboxylic acids is 1. The molecule has 0 aliphatic carbocycles. The molecule has 0 saturated carbocycles. The Labute approximate surface area is 195 Å². The van der Waals surface area contributed by atoms with Gasteiger partial charge < -0.3 is 25.2 Å². The van der Waals surface area contributed by atoms with E-state index in [9.17, 15) is 4.79 Å². The predicted molar refractivity (Wildman–Crippen MR) is 131 cm³/mol. The Balaban J connectivity index is 1.21. The fourth-order valence-corrected chi connectivity index (χ4v) is 5.05. The van der Waals surface area contributed by atoms with Crippen molar-refractivity contribution in [3.63, 3.8) is 0 Å². The quantitative estimate of drug-likeness (QED) is 0.749. The zero-order valence-corrected chi connectivity index (χ0v) is 19.3. The number of hydrogen-bond donors (Lipinski definition) is 2. The summed E-state index contributed by atoms with van der Waals surface area (Å²) < 4.78 is 5.70. The Morgan fingerprint density at radius 3 is 2.73 bits per heavy atom. The lowest BCUT2D eigenvalue weighted by Gasteiger charge is -2.40. The number of nitrogens with one attached hydrogen (secondary N) is 2. The first-order valence-corrected chi connectivity index (χ1v) is 12.0. The van der Waals surface area contributed by atoms with Crippen molar-refractivity contribution in [2.45, 2.75) is 31.7 Å². The molecule has 0 unspecified atom stereocenters. The number of anilines is 1. The number of pyridine rings is 1. The van der Waals surface area contributed by atoms with Crippen LogP contribution in [0.25, 0.3) is 16.5 Å². The standard InChI is InChI=1S/C26H33N5O2/c1-30-10-7-23(8-11-30)31-12-5-19(6-13-31)26(32)29-25-16-22-15-20(3-4-21(22)17-28-25)24-18-27-9-2-14-33-24/h2-4,14-19,23,27H,5-13H2,1H3,(H,28,29,32). The molecule has 5 rings (SSSR count). The number of hydrogen-bond acceptors (Lipinski definition) is 6. The fraction of sp³-hybridized carbons (Fsp3) is 0.462. The van der Waals surface area contributed by atoms with E-state index in [0.717, 1.165) is 54.6 Å². The summed E-state index contributed by atoms with van der Waals surface area (Å²) in [7, 11) is 2.20. The Morgan fingerprint density at radius 2 is 1.91 bits per heavy atom. The van der Waals surface area contributed by atoms with Gasteiger partial charge in [0.2, 0.25) is 5.91 Å². The molecule has 3 aliphatic heterocycles. The Morgan fingerprint density at radius 1 is 1.09 bits per heavy atom. The number of rotatable bonds is 4. The average Bonchev–Trinajstić information content (AvgIpc) is 3.14. The van der Waals surface area contributed by atoms with Crippen molar-refractivity contribution < 1.29 is 9.53 Å². The lowest BCUT2D eigenvalue weighted by atomic mass is 9.93. The summed E-state index contributed by atoms with van der Waals surface area (Å²) >= 11 is 0. The largest absolute Gasteiger partial charge is 0.463 e. The molecule has 1 amide bonds. The maximum absolute atomic E-state index is 13.0. The van der Waals surface area contributed by atoms with Crippen LogP contribution in [0, 0.1) is 5.92 Å². The predicted octanol–water partition coefficient (Wildman–Crippen LogP) is 3.41. The number of ether oxygens (including phenoxy) is 1. The van der Waals surface area contributed by atoms with Gasteiger partial charge in [0.1, 0.15) is 11.6 Å². The van der Waals surface area contributed by atoms with Gasteiger partial charge in [-0.3, -0.25) is 4.79 Å². The van der Waals surface area contributed by atoms with Crippen molar-refractivity contribution in [3.8, 4) is 0 Å². The van der Waals surface area contributed by atoms with Crippen molar-refractivity contribution >= 4 is 28.3 Å². The second-order valence-corrected chi connectivity index (χ2v) is 9.37. The summed E-state index contributed by atoms with van der Waals surface area (Å²) in [5, 5.41) is 8.31. The maximum atomic E-state index is 13.0. The Hall–Kier alpha value is -2.90. The molecule has 0 bridgehead atoms. The fourth-order valence-electron chi connectivity index (χ4n) is 5.05. The number of fused-ring (bicyclic) bond motifs is 1. The number of benzene rings is 1. The summed E-state index contributed by atoms with van der Waals surface area (Å²) in [4.78, 5) is 22.4. The van der Waals surface area contributed by atoms with Crippen LogP contribution in [-0.2, 0) is 9.53 Å². The highest BCUT2D eigenvalue weighted by atomic mass is 16.5. The molecule has 0 radical (unpaired) electrons. The van der Waals surface area contributed by atoms with Crippen LogP contribution in [0.15, 0.2) is 49.0 Å². The first-order chi connectivity index (χ1) is 16.2. The van der Waals surface area contributed by atoms with E-state index in [1.807, 2.05) is 36.7 Å². The zero-order chi connectivity index (χ0) is 22.6. The van der Waals surface area contributed by atoms with Crippen molar-refractivity contribution in [1.29, 1.82) is 0 Å². The number of nitrogens with zero attached hydrogens (tertiary/aromatic N) is 3. The van der Waals surface area contributed by atoms with Gasteiger partial charge in [-0.05, 0) is 82.5 Å². The Kier molecular flexibility index (Phi) is 6.60. The molecule has 33 heavy (non-hydrogen) atoms. The Bertz CT molecular complexity index is 1050. The molecule has 174 valence electrons. The van der Waals surface area contributed by atoms with E-state index in [4.69, 9.17) is 4.74 Å². The first kappa shape index (κ1) is 21.9. The maximum Gasteiger partial charge on any atom is 0.228 e. The molecule has 3 aliphatic rings. The number of piperidine rings is 2. The van der Waals surface area contributed by atoms with E-state index >= 15 is 0 Å². The third kappa shape index (κ3) is 5.20.